The van der Waals surface area contributed by atoms with E-state index in [1.807, 2.05) is 0 Å². The Labute approximate surface area is 243 Å². The van der Waals surface area contributed by atoms with E-state index in [9.17, 15) is 0 Å². The zero-order valence-electron chi connectivity index (χ0n) is 26.3. The molecule has 4 aromatic carbocycles. The van der Waals surface area contributed by atoms with Gasteiger partial charge in [0, 0.05) is 24.5 Å². The molecule has 0 saturated heterocycles. The second-order valence-electron chi connectivity index (χ2n) is 13.5. The van der Waals surface area contributed by atoms with Crippen molar-refractivity contribution in [2.24, 2.45) is 0 Å². The Balaban J connectivity index is 1.39. The Morgan fingerprint density at radius 1 is 0.425 bits per heavy atom. The van der Waals surface area contributed by atoms with Crippen LogP contribution in [0.25, 0.3) is 22.3 Å². The molecule has 40 heavy (non-hydrogen) atoms. The maximum atomic E-state index is 3.69. The number of hydrogen-bond donors (Lipinski definition) is 2. The fourth-order valence-corrected chi connectivity index (χ4v) is 5.52. The number of aryl methyl sites for hydroxylation is 4. The zero-order valence-corrected chi connectivity index (χ0v) is 26.3. The van der Waals surface area contributed by atoms with Crippen LogP contribution in [0.3, 0.4) is 0 Å². The topological polar surface area (TPSA) is 24.1 Å². The first-order chi connectivity index (χ1) is 18.7. The lowest BCUT2D eigenvalue weighted by atomic mass is 9.86. The Morgan fingerprint density at radius 2 is 0.700 bits per heavy atom. The van der Waals surface area contributed by atoms with E-state index in [1.165, 1.54) is 67.0 Å². The third-order valence-electron chi connectivity index (χ3n) is 7.96. The highest BCUT2D eigenvalue weighted by molar-refractivity contribution is 5.73. The Hall–Kier alpha value is -3.52. The van der Waals surface area contributed by atoms with Gasteiger partial charge in [0.15, 0.2) is 0 Å². The molecule has 0 amide bonds. The summed E-state index contributed by atoms with van der Waals surface area (Å²) in [4.78, 5) is 0. The fourth-order valence-electron chi connectivity index (χ4n) is 5.52. The molecule has 0 radical (unpaired) electrons. The largest absolute Gasteiger partial charge is 0.383 e. The van der Waals surface area contributed by atoms with Gasteiger partial charge >= 0.3 is 0 Å². The maximum Gasteiger partial charge on any atom is 0.0400 e. The molecular weight excluding hydrogens is 484 g/mol. The van der Waals surface area contributed by atoms with Crippen molar-refractivity contribution < 1.29 is 0 Å². The minimum absolute atomic E-state index is 0.170. The number of anilines is 2. The molecule has 2 nitrogen and oxygen atoms in total. The van der Waals surface area contributed by atoms with Crippen LogP contribution in [-0.4, -0.2) is 13.1 Å². The lowest BCUT2D eigenvalue weighted by Gasteiger charge is -2.20. The minimum atomic E-state index is 0.170. The van der Waals surface area contributed by atoms with Crippen molar-refractivity contribution in [3.05, 3.63) is 106 Å². The molecule has 0 aliphatic heterocycles. The predicted molar refractivity (Wildman–Crippen MR) is 177 cm³/mol. The van der Waals surface area contributed by atoms with Gasteiger partial charge in [-0.05, 0) is 118 Å². The highest BCUT2D eigenvalue weighted by Crippen LogP contribution is 2.32. The van der Waals surface area contributed by atoms with Crippen LogP contribution in [0.1, 0.15) is 74.9 Å². The quantitative estimate of drug-likeness (QED) is 0.231. The lowest BCUT2D eigenvalue weighted by Crippen LogP contribution is -2.16. The fraction of sp³-hybridized carbons (Fsp3) is 0.368. The zero-order chi connectivity index (χ0) is 29.2. The lowest BCUT2D eigenvalue weighted by molar-refractivity contribution is 0.590. The van der Waals surface area contributed by atoms with Crippen LogP contribution in [0.2, 0.25) is 0 Å². The Kier molecular flexibility index (Phi) is 8.49. The Bertz CT molecular complexity index is 1300. The van der Waals surface area contributed by atoms with Crippen molar-refractivity contribution in [2.75, 3.05) is 23.7 Å². The van der Waals surface area contributed by atoms with Gasteiger partial charge < -0.3 is 10.6 Å². The smallest absolute Gasteiger partial charge is 0.0400 e. The summed E-state index contributed by atoms with van der Waals surface area (Å²) in [6.45, 7) is 24.1. The van der Waals surface area contributed by atoms with Crippen LogP contribution < -0.4 is 10.6 Å². The molecule has 0 atom stereocenters. The van der Waals surface area contributed by atoms with Gasteiger partial charge in [0.25, 0.3) is 0 Å². The molecule has 2 heteroatoms. The summed E-state index contributed by atoms with van der Waals surface area (Å²) < 4.78 is 0. The van der Waals surface area contributed by atoms with Crippen molar-refractivity contribution in [1.29, 1.82) is 0 Å². The first-order valence-electron chi connectivity index (χ1n) is 14.7. The molecule has 0 bridgehead atoms. The van der Waals surface area contributed by atoms with Crippen molar-refractivity contribution in [2.45, 2.75) is 80.1 Å². The normalized spacial score (nSPS) is 11.9. The van der Waals surface area contributed by atoms with Crippen LogP contribution in [0.4, 0.5) is 11.4 Å². The number of benzene rings is 4. The molecule has 0 aliphatic carbocycles. The van der Waals surface area contributed by atoms with E-state index in [1.54, 1.807) is 0 Å². The van der Waals surface area contributed by atoms with Crippen LogP contribution in [0.15, 0.2) is 72.8 Å². The third-order valence-corrected chi connectivity index (χ3v) is 7.96. The van der Waals surface area contributed by atoms with E-state index in [-0.39, 0.29) is 10.8 Å². The summed E-state index contributed by atoms with van der Waals surface area (Å²) >= 11 is 0. The molecule has 0 spiro atoms. The summed E-state index contributed by atoms with van der Waals surface area (Å²) in [6, 6.07) is 27.3. The van der Waals surface area contributed by atoms with E-state index in [4.69, 9.17) is 0 Å². The minimum Gasteiger partial charge on any atom is -0.383 e. The summed E-state index contributed by atoms with van der Waals surface area (Å²) in [5.41, 5.74) is 15.8. The summed E-state index contributed by atoms with van der Waals surface area (Å²) in [6.07, 6.45) is 0. The van der Waals surface area contributed by atoms with Gasteiger partial charge in [-0.25, -0.2) is 0 Å². The van der Waals surface area contributed by atoms with Gasteiger partial charge in [0.05, 0.1) is 0 Å². The Morgan fingerprint density at radius 3 is 0.950 bits per heavy atom. The van der Waals surface area contributed by atoms with Crippen LogP contribution >= 0.6 is 0 Å². The molecular formula is C38H48N2. The first kappa shape index (κ1) is 29.5. The van der Waals surface area contributed by atoms with Gasteiger partial charge in [-0.3, -0.25) is 0 Å². The van der Waals surface area contributed by atoms with E-state index in [0.29, 0.717) is 0 Å². The summed E-state index contributed by atoms with van der Waals surface area (Å²) in [7, 11) is 0. The molecule has 0 heterocycles. The number of nitrogens with one attached hydrogen (secondary N) is 2. The molecule has 0 aromatic heterocycles. The van der Waals surface area contributed by atoms with Crippen LogP contribution in [0, 0.1) is 27.7 Å². The van der Waals surface area contributed by atoms with Gasteiger partial charge in [-0.1, -0.05) is 90.1 Å². The van der Waals surface area contributed by atoms with E-state index in [0.717, 1.165) is 13.1 Å². The third kappa shape index (κ3) is 6.78. The van der Waals surface area contributed by atoms with Crippen LogP contribution in [0.5, 0.6) is 0 Å². The van der Waals surface area contributed by atoms with Crippen LogP contribution in [-0.2, 0) is 10.8 Å². The molecule has 2 N–H and O–H groups in total. The molecule has 0 unspecified atom stereocenters. The highest BCUT2D eigenvalue weighted by atomic mass is 15.0. The predicted octanol–water partition coefficient (Wildman–Crippen LogP) is 10.4. The van der Waals surface area contributed by atoms with Gasteiger partial charge in [0.2, 0.25) is 0 Å². The van der Waals surface area contributed by atoms with E-state index >= 15 is 0 Å². The monoisotopic (exact) mass is 532 g/mol. The summed E-state index contributed by atoms with van der Waals surface area (Å²) in [5.74, 6) is 0. The molecule has 0 fully saturated rings. The second kappa shape index (κ2) is 11.5. The average Bonchev–Trinajstić information content (AvgIpc) is 2.88. The van der Waals surface area contributed by atoms with Crippen molar-refractivity contribution in [3.63, 3.8) is 0 Å². The van der Waals surface area contributed by atoms with Gasteiger partial charge in [-0.15, -0.1) is 0 Å². The number of rotatable bonds is 7. The highest BCUT2D eigenvalue weighted by Gasteiger charge is 2.15. The molecule has 0 aliphatic rings. The molecule has 4 aromatic rings. The van der Waals surface area contributed by atoms with Crippen molar-refractivity contribution in [3.8, 4) is 22.3 Å². The SMILES string of the molecule is Cc1cc(-c2ccc(C(C)(C)C)cc2)cc(C)c1NCCNc1c(C)cc(-c2ccc(C(C)(C)C)cc2)cc1C. The van der Waals surface area contributed by atoms with Gasteiger partial charge in [0.1, 0.15) is 0 Å². The first-order valence-corrected chi connectivity index (χ1v) is 14.7. The maximum absolute atomic E-state index is 3.69. The van der Waals surface area contributed by atoms with Crippen molar-refractivity contribution >= 4 is 11.4 Å². The molecule has 4 rings (SSSR count). The average molecular weight is 533 g/mol. The second-order valence-corrected chi connectivity index (χ2v) is 13.5. The van der Waals surface area contributed by atoms with Gasteiger partial charge in [-0.2, -0.15) is 0 Å². The van der Waals surface area contributed by atoms with E-state index < -0.39 is 0 Å². The standard InChI is InChI=1S/C38H48N2/c1-25-21-31(29-11-15-33(16-12-29)37(5,6)7)22-26(2)35(25)39-19-20-40-36-27(3)23-32(24-28(36)4)30-13-17-34(18-14-30)38(8,9)10/h11-18,21-24,39-40H,19-20H2,1-10H3. The summed E-state index contributed by atoms with van der Waals surface area (Å²) in [5, 5.41) is 7.38. The molecule has 210 valence electrons. The molecule has 0 saturated carbocycles. The number of hydrogen-bond acceptors (Lipinski definition) is 2. The van der Waals surface area contributed by atoms with Crippen molar-refractivity contribution in [1.82, 2.24) is 0 Å². The van der Waals surface area contributed by atoms with E-state index in [2.05, 4.69) is 153 Å².